The van der Waals surface area contributed by atoms with E-state index in [0.29, 0.717) is 0 Å². The zero-order valence-corrected chi connectivity index (χ0v) is 10.8. The molecule has 3 nitrogen and oxygen atoms in total. The fourth-order valence-corrected chi connectivity index (χ4v) is 2.99. The van der Waals surface area contributed by atoms with Crippen molar-refractivity contribution in [3.8, 4) is 0 Å². The van der Waals surface area contributed by atoms with Crippen LogP contribution in [0, 0.1) is 11.8 Å². The van der Waals surface area contributed by atoms with E-state index in [1.807, 2.05) is 12.3 Å². The van der Waals surface area contributed by atoms with Gasteiger partial charge in [-0.05, 0) is 44.3 Å². The second-order valence-corrected chi connectivity index (χ2v) is 5.37. The van der Waals surface area contributed by atoms with E-state index >= 15 is 0 Å². The average Bonchev–Trinajstić information content (AvgIpc) is 2.82. The standard InChI is InChI=1S/C14H24N2O/c1-16(9-12-6-7-17-11-12)10-14-5-3-2-4-13(14)8-15/h6-7,11,13-14H,2-5,8-10,15H2,1H3. The number of furan rings is 1. The Morgan fingerprint density at radius 2 is 2.12 bits per heavy atom. The van der Waals surface area contributed by atoms with Gasteiger partial charge < -0.3 is 15.1 Å². The molecule has 1 aromatic rings. The molecule has 1 aliphatic rings. The van der Waals surface area contributed by atoms with Crippen LogP contribution >= 0.6 is 0 Å². The first-order valence-corrected chi connectivity index (χ1v) is 6.69. The van der Waals surface area contributed by atoms with Crippen molar-refractivity contribution in [1.29, 1.82) is 0 Å². The topological polar surface area (TPSA) is 42.4 Å². The third-order valence-electron chi connectivity index (χ3n) is 3.95. The highest BCUT2D eigenvalue weighted by Gasteiger charge is 2.24. The first-order valence-electron chi connectivity index (χ1n) is 6.69. The first kappa shape index (κ1) is 12.7. The van der Waals surface area contributed by atoms with Gasteiger partial charge in [0.05, 0.1) is 12.5 Å². The van der Waals surface area contributed by atoms with Crippen LogP contribution in [0.4, 0.5) is 0 Å². The van der Waals surface area contributed by atoms with Crippen molar-refractivity contribution in [2.45, 2.75) is 32.2 Å². The van der Waals surface area contributed by atoms with Crippen LogP contribution in [-0.4, -0.2) is 25.0 Å². The molecular weight excluding hydrogens is 212 g/mol. The quantitative estimate of drug-likeness (QED) is 0.854. The molecule has 2 atom stereocenters. The van der Waals surface area contributed by atoms with Crippen LogP contribution in [0.5, 0.6) is 0 Å². The molecule has 0 spiro atoms. The van der Waals surface area contributed by atoms with Gasteiger partial charge in [-0.25, -0.2) is 0 Å². The van der Waals surface area contributed by atoms with E-state index in [1.165, 1.54) is 31.2 Å². The van der Waals surface area contributed by atoms with E-state index < -0.39 is 0 Å². The molecule has 2 N–H and O–H groups in total. The van der Waals surface area contributed by atoms with E-state index in [-0.39, 0.29) is 0 Å². The highest BCUT2D eigenvalue weighted by Crippen LogP contribution is 2.29. The van der Waals surface area contributed by atoms with Gasteiger partial charge in [0.15, 0.2) is 0 Å². The van der Waals surface area contributed by atoms with Crippen LogP contribution in [0.15, 0.2) is 23.0 Å². The molecule has 1 saturated carbocycles. The van der Waals surface area contributed by atoms with Gasteiger partial charge in [0.1, 0.15) is 0 Å². The molecule has 96 valence electrons. The van der Waals surface area contributed by atoms with Gasteiger partial charge in [0, 0.05) is 18.7 Å². The number of rotatable bonds is 5. The van der Waals surface area contributed by atoms with Gasteiger partial charge >= 0.3 is 0 Å². The van der Waals surface area contributed by atoms with Crippen molar-refractivity contribution in [3.63, 3.8) is 0 Å². The van der Waals surface area contributed by atoms with Crippen molar-refractivity contribution < 1.29 is 4.42 Å². The summed E-state index contributed by atoms with van der Waals surface area (Å²) in [6.07, 6.45) is 8.98. The maximum absolute atomic E-state index is 5.87. The second kappa shape index (κ2) is 6.22. The van der Waals surface area contributed by atoms with Crippen LogP contribution in [-0.2, 0) is 6.54 Å². The van der Waals surface area contributed by atoms with Crippen LogP contribution in [0.3, 0.4) is 0 Å². The third-order valence-corrected chi connectivity index (χ3v) is 3.95. The van der Waals surface area contributed by atoms with Crippen LogP contribution in [0.1, 0.15) is 31.2 Å². The molecular formula is C14H24N2O. The normalized spacial score (nSPS) is 25.4. The summed E-state index contributed by atoms with van der Waals surface area (Å²) >= 11 is 0. The van der Waals surface area contributed by atoms with Crippen molar-refractivity contribution >= 4 is 0 Å². The number of hydrogen-bond donors (Lipinski definition) is 1. The zero-order valence-electron chi connectivity index (χ0n) is 10.8. The Labute approximate surface area is 104 Å². The van der Waals surface area contributed by atoms with Gasteiger partial charge in [-0.1, -0.05) is 12.8 Å². The van der Waals surface area contributed by atoms with Gasteiger partial charge in [-0.2, -0.15) is 0 Å². The van der Waals surface area contributed by atoms with Crippen LogP contribution in [0.2, 0.25) is 0 Å². The lowest BCUT2D eigenvalue weighted by Crippen LogP contribution is -2.35. The Morgan fingerprint density at radius 1 is 1.35 bits per heavy atom. The van der Waals surface area contributed by atoms with Crippen molar-refractivity contribution in [2.75, 3.05) is 20.1 Å². The lowest BCUT2D eigenvalue weighted by molar-refractivity contribution is 0.170. The molecule has 0 amide bonds. The zero-order chi connectivity index (χ0) is 12.1. The number of hydrogen-bond acceptors (Lipinski definition) is 3. The summed E-state index contributed by atoms with van der Waals surface area (Å²) in [7, 11) is 2.19. The summed E-state index contributed by atoms with van der Waals surface area (Å²) < 4.78 is 5.10. The molecule has 2 unspecified atom stereocenters. The lowest BCUT2D eigenvalue weighted by Gasteiger charge is -2.33. The number of nitrogens with two attached hydrogens (primary N) is 1. The average molecular weight is 236 g/mol. The minimum atomic E-state index is 0.732. The fourth-order valence-electron chi connectivity index (χ4n) is 2.99. The molecule has 1 heterocycles. The Bertz CT molecular complexity index is 310. The highest BCUT2D eigenvalue weighted by atomic mass is 16.3. The molecule has 1 fully saturated rings. The van der Waals surface area contributed by atoms with Gasteiger partial charge in [-0.3, -0.25) is 0 Å². The van der Waals surface area contributed by atoms with Gasteiger partial charge in [0.2, 0.25) is 0 Å². The predicted molar refractivity (Wildman–Crippen MR) is 69.5 cm³/mol. The summed E-state index contributed by atoms with van der Waals surface area (Å²) in [5.74, 6) is 1.52. The van der Waals surface area contributed by atoms with Crippen LogP contribution < -0.4 is 5.73 Å². The minimum Gasteiger partial charge on any atom is -0.472 e. The Morgan fingerprint density at radius 3 is 2.76 bits per heavy atom. The minimum absolute atomic E-state index is 0.732. The summed E-state index contributed by atoms with van der Waals surface area (Å²) in [5.41, 5.74) is 7.13. The first-order chi connectivity index (χ1) is 8.29. The van der Waals surface area contributed by atoms with Crippen LogP contribution in [0.25, 0.3) is 0 Å². The molecule has 0 bridgehead atoms. The molecule has 0 aromatic carbocycles. The maximum atomic E-state index is 5.87. The van der Waals surface area contributed by atoms with Gasteiger partial charge in [0.25, 0.3) is 0 Å². The fraction of sp³-hybridized carbons (Fsp3) is 0.714. The molecule has 0 radical (unpaired) electrons. The van der Waals surface area contributed by atoms with E-state index in [9.17, 15) is 0 Å². The summed E-state index contributed by atoms with van der Waals surface area (Å²) in [6.45, 7) is 2.99. The molecule has 17 heavy (non-hydrogen) atoms. The Kier molecular flexibility index (Phi) is 4.63. The van der Waals surface area contributed by atoms with Gasteiger partial charge in [-0.15, -0.1) is 0 Å². The second-order valence-electron chi connectivity index (χ2n) is 5.37. The number of nitrogens with zero attached hydrogens (tertiary/aromatic N) is 1. The molecule has 2 rings (SSSR count). The molecule has 1 aliphatic carbocycles. The largest absolute Gasteiger partial charge is 0.472 e. The maximum Gasteiger partial charge on any atom is 0.0947 e. The molecule has 3 heteroatoms. The molecule has 0 saturated heterocycles. The van der Waals surface area contributed by atoms with Crippen molar-refractivity contribution in [1.82, 2.24) is 4.90 Å². The predicted octanol–water partition coefficient (Wildman–Crippen LogP) is 2.48. The molecule has 1 aromatic heterocycles. The lowest BCUT2D eigenvalue weighted by atomic mass is 9.79. The monoisotopic (exact) mass is 236 g/mol. The SMILES string of the molecule is CN(Cc1ccoc1)CC1CCCCC1CN. The third kappa shape index (κ3) is 3.58. The highest BCUT2D eigenvalue weighted by molar-refractivity contribution is 5.04. The Balaban J connectivity index is 1.82. The summed E-state index contributed by atoms with van der Waals surface area (Å²) in [6, 6.07) is 2.04. The molecule has 0 aliphatic heterocycles. The Hall–Kier alpha value is -0.800. The van der Waals surface area contributed by atoms with E-state index in [0.717, 1.165) is 31.5 Å². The summed E-state index contributed by atoms with van der Waals surface area (Å²) in [5, 5.41) is 0. The van der Waals surface area contributed by atoms with Crippen molar-refractivity contribution in [2.24, 2.45) is 17.6 Å². The smallest absolute Gasteiger partial charge is 0.0947 e. The van der Waals surface area contributed by atoms with Crippen molar-refractivity contribution in [3.05, 3.63) is 24.2 Å². The van der Waals surface area contributed by atoms with E-state index in [2.05, 4.69) is 11.9 Å². The summed E-state index contributed by atoms with van der Waals surface area (Å²) in [4.78, 5) is 2.39. The van der Waals surface area contributed by atoms with E-state index in [1.54, 1.807) is 6.26 Å². The van der Waals surface area contributed by atoms with E-state index in [4.69, 9.17) is 10.2 Å².